The average molecular weight is 528 g/mol. The van der Waals surface area contributed by atoms with Gasteiger partial charge in [0.2, 0.25) is 0 Å². The van der Waals surface area contributed by atoms with E-state index >= 15 is 0 Å². The lowest BCUT2D eigenvalue weighted by atomic mass is 9.98. The van der Waals surface area contributed by atoms with Crippen LogP contribution in [0.1, 0.15) is 46.8 Å². The van der Waals surface area contributed by atoms with Crippen LogP contribution in [0.4, 0.5) is 35.5 Å². The Labute approximate surface area is 204 Å². The normalized spacial score (nSPS) is 17.5. The van der Waals surface area contributed by atoms with Crippen molar-refractivity contribution in [2.24, 2.45) is 0 Å². The van der Waals surface area contributed by atoms with Crippen molar-refractivity contribution in [3.8, 4) is 0 Å². The van der Waals surface area contributed by atoms with Gasteiger partial charge in [-0.25, -0.2) is 9.18 Å². The third-order valence-corrected chi connectivity index (χ3v) is 6.06. The molecule has 0 radical (unpaired) electrons. The quantitative estimate of drug-likeness (QED) is 0.472. The molecule has 12 heteroatoms. The minimum Gasteiger partial charge on any atom is -0.321 e. The first-order valence-electron chi connectivity index (χ1n) is 10.5. The molecule has 0 aliphatic carbocycles. The number of piperazine rings is 1. The zero-order valence-electron chi connectivity index (χ0n) is 19.1. The summed E-state index contributed by atoms with van der Waals surface area (Å²) in [5, 5.41) is 3.15. The molecule has 0 aromatic heterocycles. The summed E-state index contributed by atoms with van der Waals surface area (Å²) in [7, 11) is 1.33. The fraction of sp³-hybridized carbons (Fsp3) is 0.435. The highest BCUT2D eigenvalue weighted by Gasteiger charge is 2.38. The summed E-state index contributed by atoms with van der Waals surface area (Å²) in [6, 6.07) is 3.36. The first kappa shape index (κ1) is 28.7. The molecule has 2 aromatic carbocycles. The molecule has 1 fully saturated rings. The number of halogens is 8. The number of amides is 2. The Hall–Kier alpha value is -2.53. The zero-order valence-corrected chi connectivity index (χ0v) is 19.9. The van der Waals surface area contributed by atoms with E-state index < -0.39 is 47.4 Å². The molecule has 1 saturated heterocycles. The lowest BCUT2D eigenvalue weighted by Gasteiger charge is -2.40. The number of carbonyl (C=O) groups is 1. The highest BCUT2D eigenvalue weighted by atomic mass is 35.5. The molecule has 1 aliphatic heterocycles. The first-order chi connectivity index (χ1) is 15.7. The van der Waals surface area contributed by atoms with Gasteiger partial charge in [0.1, 0.15) is 5.82 Å². The first-order valence-corrected chi connectivity index (χ1v) is 10.5. The summed E-state index contributed by atoms with van der Waals surface area (Å²) in [4.78, 5) is 16.0. The van der Waals surface area contributed by atoms with Crippen LogP contribution >= 0.6 is 12.4 Å². The monoisotopic (exact) mass is 527 g/mol. The fourth-order valence-electron chi connectivity index (χ4n) is 4.04. The predicted octanol–water partition coefficient (Wildman–Crippen LogP) is 6.35. The maximum atomic E-state index is 13.6. The van der Waals surface area contributed by atoms with E-state index in [0.29, 0.717) is 36.3 Å². The number of nitrogens with one attached hydrogen (secondary N) is 1. The molecule has 2 aromatic rings. The van der Waals surface area contributed by atoms with Crippen LogP contribution in [0.2, 0.25) is 0 Å². The van der Waals surface area contributed by atoms with Gasteiger partial charge >= 0.3 is 18.4 Å². The predicted molar refractivity (Wildman–Crippen MR) is 119 cm³/mol. The van der Waals surface area contributed by atoms with E-state index in [4.69, 9.17) is 0 Å². The number of aryl methyl sites for hydroxylation is 1. The van der Waals surface area contributed by atoms with Crippen molar-refractivity contribution in [1.29, 1.82) is 0 Å². The van der Waals surface area contributed by atoms with Crippen LogP contribution < -0.4 is 5.32 Å². The third-order valence-electron chi connectivity index (χ3n) is 6.06. The highest BCUT2D eigenvalue weighted by Crippen LogP contribution is 2.38. The summed E-state index contributed by atoms with van der Waals surface area (Å²) in [6.45, 7) is 4.14. The SMILES string of the molecule is Cc1cc(F)ccc1C1CNCCN1C(=O)N(C)[C@@H](C)c1cc(C(F)(F)F)cc(C(F)(F)F)c1.Cl. The second-order valence-corrected chi connectivity index (χ2v) is 8.32. The molecular formula is C23H25ClF7N3O. The van der Waals surface area contributed by atoms with Crippen molar-refractivity contribution in [1.82, 2.24) is 15.1 Å². The second kappa shape index (κ2) is 10.6. The number of hydrogen-bond acceptors (Lipinski definition) is 2. The Kier molecular flexibility index (Phi) is 8.70. The maximum Gasteiger partial charge on any atom is 0.416 e. The van der Waals surface area contributed by atoms with Gasteiger partial charge in [-0.1, -0.05) is 6.07 Å². The van der Waals surface area contributed by atoms with Gasteiger partial charge in [0, 0.05) is 26.7 Å². The van der Waals surface area contributed by atoms with Gasteiger partial charge in [-0.2, -0.15) is 26.3 Å². The summed E-state index contributed by atoms with van der Waals surface area (Å²) in [5.41, 5.74) is -1.85. The topological polar surface area (TPSA) is 35.6 Å². The lowest BCUT2D eigenvalue weighted by molar-refractivity contribution is -0.143. The smallest absolute Gasteiger partial charge is 0.321 e. The summed E-state index contributed by atoms with van der Waals surface area (Å²) < 4.78 is 93.2. The fourth-order valence-corrected chi connectivity index (χ4v) is 4.04. The largest absolute Gasteiger partial charge is 0.416 e. The standard InChI is InChI=1S/C23H24F7N3O.ClH/c1-13-8-18(24)4-5-19(13)20-12-31-6-7-33(20)21(34)32(3)14(2)15-9-16(22(25,26)27)11-17(10-15)23(28,29)30;/h4-5,8-11,14,20,31H,6-7,12H2,1-3H3;1H/t14-,20?;/m0./s1. The van der Waals surface area contributed by atoms with Gasteiger partial charge in [-0.05, 0) is 60.9 Å². The van der Waals surface area contributed by atoms with Crippen LogP contribution in [0.15, 0.2) is 36.4 Å². The number of carbonyl (C=O) groups excluding carboxylic acids is 1. The number of alkyl halides is 6. The Bertz CT molecular complexity index is 1030. The van der Waals surface area contributed by atoms with E-state index in [9.17, 15) is 35.5 Å². The van der Waals surface area contributed by atoms with Crippen molar-refractivity contribution in [2.45, 2.75) is 38.3 Å². The summed E-state index contributed by atoms with van der Waals surface area (Å²) >= 11 is 0. The molecule has 194 valence electrons. The zero-order chi connectivity index (χ0) is 25.4. The van der Waals surface area contributed by atoms with Crippen LogP contribution in [0.25, 0.3) is 0 Å². The van der Waals surface area contributed by atoms with E-state index in [0.717, 1.165) is 4.90 Å². The molecule has 0 spiro atoms. The number of benzene rings is 2. The maximum absolute atomic E-state index is 13.6. The van der Waals surface area contributed by atoms with Gasteiger partial charge in [-0.3, -0.25) is 0 Å². The Balaban J connectivity index is 0.00000432. The third kappa shape index (κ3) is 6.38. The highest BCUT2D eigenvalue weighted by molar-refractivity contribution is 5.85. The van der Waals surface area contributed by atoms with Crippen molar-refractivity contribution in [3.63, 3.8) is 0 Å². The molecule has 2 atom stereocenters. The molecular weight excluding hydrogens is 503 g/mol. The molecule has 1 unspecified atom stereocenters. The van der Waals surface area contributed by atoms with Crippen LogP contribution in [0.5, 0.6) is 0 Å². The van der Waals surface area contributed by atoms with Gasteiger partial charge in [0.05, 0.1) is 23.2 Å². The number of hydrogen-bond donors (Lipinski definition) is 1. The van der Waals surface area contributed by atoms with E-state index in [1.807, 2.05) is 0 Å². The van der Waals surface area contributed by atoms with Crippen LogP contribution in [0.3, 0.4) is 0 Å². The summed E-state index contributed by atoms with van der Waals surface area (Å²) in [6.07, 6.45) is -9.97. The van der Waals surface area contributed by atoms with Crippen molar-refractivity contribution in [2.75, 3.05) is 26.7 Å². The molecule has 2 amide bonds. The molecule has 4 nitrogen and oxygen atoms in total. The van der Waals surface area contributed by atoms with Crippen molar-refractivity contribution < 1.29 is 35.5 Å². The van der Waals surface area contributed by atoms with Gasteiger partial charge < -0.3 is 15.1 Å². The molecule has 0 bridgehead atoms. The molecule has 35 heavy (non-hydrogen) atoms. The van der Waals surface area contributed by atoms with Crippen LogP contribution in [-0.2, 0) is 12.4 Å². The second-order valence-electron chi connectivity index (χ2n) is 8.32. The number of urea groups is 1. The Morgan fingerprint density at radius 1 is 1.06 bits per heavy atom. The average Bonchev–Trinajstić information content (AvgIpc) is 2.76. The van der Waals surface area contributed by atoms with E-state index in [1.54, 1.807) is 13.0 Å². The van der Waals surface area contributed by atoms with Crippen molar-refractivity contribution in [3.05, 3.63) is 70.0 Å². The van der Waals surface area contributed by atoms with E-state index in [2.05, 4.69) is 5.32 Å². The van der Waals surface area contributed by atoms with Crippen molar-refractivity contribution >= 4 is 18.4 Å². The molecule has 0 saturated carbocycles. The number of rotatable bonds is 3. The van der Waals surface area contributed by atoms with Crippen LogP contribution in [-0.4, -0.2) is 42.5 Å². The molecule has 1 N–H and O–H groups in total. The Morgan fingerprint density at radius 2 is 1.63 bits per heavy atom. The molecule has 1 aliphatic rings. The Morgan fingerprint density at radius 3 is 2.14 bits per heavy atom. The van der Waals surface area contributed by atoms with Gasteiger partial charge in [0.25, 0.3) is 0 Å². The van der Waals surface area contributed by atoms with Gasteiger partial charge in [0.15, 0.2) is 0 Å². The molecule has 1 heterocycles. The number of nitrogens with zero attached hydrogens (tertiary/aromatic N) is 2. The summed E-state index contributed by atoms with van der Waals surface area (Å²) in [5.74, 6) is -0.432. The van der Waals surface area contributed by atoms with E-state index in [1.165, 1.54) is 31.0 Å². The van der Waals surface area contributed by atoms with E-state index in [-0.39, 0.29) is 30.6 Å². The molecule has 3 rings (SSSR count). The minimum absolute atomic E-state index is 0. The van der Waals surface area contributed by atoms with Crippen LogP contribution in [0, 0.1) is 12.7 Å². The van der Waals surface area contributed by atoms with Gasteiger partial charge in [-0.15, -0.1) is 12.4 Å². The minimum atomic E-state index is -4.98. The lowest BCUT2D eigenvalue weighted by Crippen LogP contribution is -2.52.